The van der Waals surface area contributed by atoms with Gasteiger partial charge < -0.3 is 5.32 Å². The lowest BCUT2D eigenvalue weighted by Gasteiger charge is -2.07. The van der Waals surface area contributed by atoms with Crippen LogP contribution in [0, 0.1) is 0 Å². The van der Waals surface area contributed by atoms with Crippen molar-refractivity contribution in [2.45, 2.75) is 45.4 Å². The molecule has 2 nitrogen and oxygen atoms in total. The van der Waals surface area contributed by atoms with Crippen LogP contribution in [0.2, 0.25) is 5.02 Å². The van der Waals surface area contributed by atoms with Crippen LogP contribution in [0.4, 0.5) is 5.69 Å². The van der Waals surface area contributed by atoms with Gasteiger partial charge in [0.25, 0.3) is 0 Å². The Hall–Kier alpha value is -0.760. The van der Waals surface area contributed by atoms with Crippen LogP contribution in [0.3, 0.4) is 0 Å². The third-order valence-electron chi connectivity index (χ3n) is 2.62. The second-order valence-corrected chi connectivity index (χ2v) is 4.46. The van der Waals surface area contributed by atoms with E-state index in [9.17, 15) is 0 Å². The third kappa shape index (κ3) is 5.36. The number of aromatic nitrogens is 1. The average molecular weight is 241 g/mol. The van der Waals surface area contributed by atoms with E-state index in [-0.39, 0.29) is 0 Å². The molecule has 0 amide bonds. The zero-order chi connectivity index (χ0) is 11.6. The average Bonchev–Trinajstić information content (AvgIpc) is 2.30. The van der Waals surface area contributed by atoms with Crippen LogP contribution < -0.4 is 5.32 Å². The minimum atomic E-state index is 0.702. The van der Waals surface area contributed by atoms with Crippen LogP contribution >= 0.6 is 11.6 Å². The van der Waals surface area contributed by atoms with Crippen LogP contribution in [0.5, 0.6) is 0 Å². The van der Waals surface area contributed by atoms with Gasteiger partial charge in [0.15, 0.2) is 0 Å². The van der Waals surface area contributed by atoms with Gasteiger partial charge in [-0.05, 0) is 12.5 Å². The minimum Gasteiger partial charge on any atom is -0.384 e. The van der Waals surface area contributed by atoms with E-state index in [2.05, 4.69) is 17.2 Å². The van der Waals surface area contributed by atoms with Gasteiger partial charge >= 0.3 is 0 Å². The molecule has 0 bridgehead atoms. The molecule has 1 rings (SSSR count). The molecule has 3 heteroatoms. The summed E-state index contributed by atoms with van der Waals surface area (Å²) in [5.41, 5.74) is 0.991. The molecule has 0 saturated carbocycles. The molecule has 0 aliphatic heterocycles. The van der Waals surface area contributed by atoms with Gasteiger partial charge in [-0.2, -0.15) is 0 Å². The van der Waals surface area contributed by atoms with Crippen molar-refractivity contribution in [1.82, 2.24) is 4.98 Å². The highest BCUT2D eigenvalue weighted by molar-refractivity contribution is 6.33. The molecule has 1 N–H and O–H groups in total. The Kier molecular flexibility index (Phi) is 6.98. The standard InChI is InChI=1S/C13H21ClN2/c1-2-3-4-5-6-7-9-16-13-8-10-15-11-12(13)14/h8,10-11H,2-7,9H2,1H3,(H,15,16). The van der Waals surface area contributed by atoms with Crippen molar-refractivity contribution in [3.05, 3.63) is 23.5 Å². The number of nitrogens with one attached hydrogen (secondary N) is 1. The number of hydrogen-bond acceptors (Lipinski definition) is 2. The topological polar surface area (TPSA) is 24.9 Å². The second kappa shape index (κ2) is 8.40. The summed E-state index contributed by atoms with van der Waals surface area (Å²) in [7, 11) is 0. The molecule has 0 aliphatic rings. The smallest absolute Gasteiger partial charge is 0.0820 e. The van der Waals surface area contributed by atoms with Crippen LogP contribution in [0.15, 0.2) is 18.5 Å². The third-order valence-corrected chi connectivity index (χ3v) is 2.92. The molecule has 0 aromatic carbocycles. The monoisotopic (exact) mass is 240 g/mol. The van der Waals surface area contributed by atoms with Crippen molar-refractivity contribution < 1.29 is 0 Å². The lowest BCUT2D eigenvalue weighted by Crippen LogP contribution is -2.01. The summed E-state index contributed by atoms with van der Waals surface area (Å²) in [6.07, 6.45) is 11.3. The molecular weight excluding hydrogens is 220 g/mol. The summed E-state index contributed by atoms with van der Waals surface area (Å²) in [6.45, 7) is 3.24. The van der Waals surface area contributed by atoms with Gasteiger partial charge in [0.2, 0.25) is 0 Å². The van der Waals surface area contributed by atoms with E-state index in [0.29, 0.717) is 5.02 Å². The lowest BCUT2D eigenvalue weighted by atomic mass is 10.1. The first-order valence-electron chi connectivity index (χ1n) is 6.18. The predicted octanol–water partition coefficient (Wildman–Crippen LogP) is 4.51. The Balaban J connectivity index is 2.05. The Morgan fingerprint density at radius 3 is 2.69 bits per heavy atom. The lowest BCUT2D eigenvalue weighted by molar-refractivity contribution is 0.617. The number of nitrogens with zero attached hydrogens (tertiary/aromatic N) is 1. The van der Waals surface area contributed by atoms with Gasteiger partial charge in [0.1, 0.15) is 0 Å². The molecule has 1 heterocycles. The van der Waals surface area contributed by atoms with Crippen LogP contribution in [0.1, 0.15) is 45.4 Å². The summed E-state index contributed by atoms with van der Waals surface area (Å²) < 4.78 is 0. The molecule has 0 spiro atoms. The summed E-state index contributed by atoms with van der Waals surface area (Å²) >= 11 is 5.98. The van der Waals surface area contributed by atoms with Crippen molar-refractivity contribution in [1.29, 1.82) is 0 Å². The van der Waals surface area contributed by atoms with Crippen LogP contribution in [-0.4, -0.2) is 11.5 Å². The number of anilines is 1. The first kappa shape index (κ1) is 13.3. The minimum absolute atomic E-state index is 0.702. The van der Waals surface area contributed by atoms with Gasteiger partial charge in [0, 0.05) is 18.9 Å². The molecule has 0 saturated heterocycles. The zero-order valence-corrected chi connectivity index (χ0v) is 10.8. The summed E-state index contributed by atoms with van der Waals surface area (Å²) in [4.78, 5) is 3.95. The normalized spacial score (nSPS) is 10.4. The molecule has 1 aromatic rings. The van der Waals surface area contributed by atoms with Gasteiger partial charge in [-0.25, -0.2) is 0 Å². The zero-order valence-electron chi connectivity index (χ0n) is 10.0. The Morgan fingerprint density at radius 1 is 1.19 bits per heavy atom. The van der Waals surface area contributed by atoms with E-state index in [4.69, 9.17) is 11.6 Å². The van der Waals surface area contributed by atoms with E-state index >= 15 is 0 Å². The highest BCUT2D eigenvalue weighted by atomic mass is 35.5. The quantitative estimate of drug-likeness (QED) is 0.677. The van der Waals surface area contributed by atoms with Crippen molar-refractivity contribution in [3.63, 3.8) is 0 Å². The summed E-state index contributed by atoms with van der Waals surface area (Å²) in [5.74, 6) is 0. The molecule has 0 fully saturated rings. The fourth-order valence-electron chi connectivity index (χ4n) is 1.65. The first-order valence-corrected chi connectivity index (χ1v) is 6.55. The molecular formula is C13H21ClN2. The Labute approximate surface area is 103 Å². The molecule has 1 aromatic heterocycles. The number of rotatable bonds is 8. The van der Waals surface area contributed by atoms with E-state index in [1.807, 2.05) is 6.07 Å². The number of unbranched alkanes of at least 4 members (excludes halogenated alkanes) is 5. The van der Waals surface area contributed by atoms with Crippen LogP contribution in [0.25, 0.3) is 0 Å². The Bertz CT molecular complexity index is 289. The second-order valence-electron chi connectivity index (χ2n) is 4.05. The maximum absolute atomic E-state index is 5.98. The predicted molar refractivity (Wildman–Crippen MR) is 71.1 cm³/mol. The SMILES string of the molecule is CCCCCCCCNc1ccncc1Cl. The molecule has 0 radical (unpaired) electrons. The summed E-state index contributed by atoms with van der Waals surface area (Å²) in [6, 6.07) is 1.92. The highest BCUT2D eigenvalue weighted by Gasteiger charge is 1.97. The first-order chi connectivity index (χ1) is 7.84. The molecule has 16 heavy (non-hydrogen) atoms. The van der Waals surface area contributed by atoms with Crippen molar-refractivity contribution in [2.24, 2.45) is 0 Å². The largest absolute Gasteiger partial charge is 0.384 e. The van der Waals surface area contributed by atoms with Gasteiger partial charge in [-0.3, -0.25) is 4.98 Å². The molecule has 0 unspecified atom stereocenters. The van der Waals surface area contributed by atoms with Crippen LogP contribution in [-0.2, 0) is 0 Å². The maximum Gasteiger partial charge on any atom is 0.0820 e. The number of hydrogen-bond donors (Lipinski definition) is 1. The number of pyridine rings is 1. The summed E-state index contributed by atoms with van der Waals surface area (Å²) in [5, 5.41) is 4.03. The maximum atomic E-state index is 5.98. The van der Waals surface area contributed by atoms with Crippen molar-refractivity contribution in [2.75, 3.05) is 11.9 Å². The Morgan fingerprint density at radius 2 is 1.94 bits per heavy atom. The van der Waals surface area contributed by atoms with Gasteiger partial charge in [-0.15, -0.1) is 0 Å². The molecule has 0 atom stereocenters. The van der Waals surface area contributed by atoms with Gasteiger partial charge in [0.05, 0.1) is 10.7 Å². The number of halogens is 1. The van der Waals surface area contributed by atoms with Crippen molar-refractivity contribution in [3.8, 4) is 0 Å². The van der Waals surface area contributed by atoms with E-state index in [1.165, 1.54) is 38.5 Å². The molecule has 90 valence electrons. The fraction of sp³-hybridized carbons (Fsp3) is 0.615. The van der Waals surface area contributed by atoms with Crippen molar-refractivity contribution >= 4 is 17.3 Å². The van der Waals surface area contributed by atoms with E-state index < -0.39 is 0 Å². The van der Waals surface area contributed by atoms with E-state index in [0.717, 1.165) is 12.2 Å². The highest BCUT2D eigenvalue weighted by Crippen LogP contribution is 2.19. The van der Waals surface area contributed by atoms with E-state index in [1.54, 1.807) is 12.4 Å². The molecule has 0 aliphatic carbocycles. The fourth-order valence-corrected chi connectivity index (χ4v) is 1.83. The van der Waals surface area contributed by atoms with Gasteiger partial charge in [-0.1, -0.05) is 50.6 Å².